The first-order valence-corrected chi connectivity index (χ1v) is 11.1. The van der Waals surface area contributed by atoms with Gasteiger partial charge in [-0.25, -0.2) is 0 Å². The maximum Gasteiger partial charge on any atom is 0.408 e. The van der Waals surface area contributed by atoms with Crippen molar-refractivity contribution in [3.05, 3.63) is 92.4 Å². The number of para-hydroxylation sites is 1. The van der Waals surface area contributed by atoms with E-state index in [1.807, 2.05) is 18.2 Å². The molecular formula is C24H19ClF3N3O4. The molecule has 1 N–H and O–H groups in total. The highest BCUT2D eigenvalue weighted by Crippen LogP contribution is 2.43. The third kappa shape index (κ3) is 3.68. The summed E-state index contributed by atoms with van der Waals surface area (Å²) in [6.45, 7) is 0.541. The van der Waals surface area contributed by atoms with E-state index >= 15 is 0 Å². The molecule has 11 heteroatoms. The van der Waals surface area contributed by atoms with Crippen molar-refractivity contribution in [3.8, 4) is 11.5 Å². The van der Waals surface area contributed by atoms with Crippen LogP contribution in [-0.2, 0) is 6.61 Å². The van der Waals surface area contributed by atoms with Crippen molar-refractivity contribution in [2.45, 2.75) is 31.8 Å². The lowest BCUT2D eigenvalue weighted by molar-refractivity contribution is -0.173. The van der Waals surface area contributed by atoms with Crippen LogP contribution in [0.25, 0.3) is 0 Å². The van der Waals surface area contributed by atoms with E-state index in [0.717, 1.165) is 18.6 Å². The van der Waals surface area contributed by atoms with Crippen LogP contribution >= 0.6 is 11.6 Å². The first-order valence-electron chi connectivity index (χ1n) is 10.7. The van der Waals surface area contributed by atoms with Gasteiger partial charge in [-0.15, -0.1) is 0 Å². The van der Waals surface area contributed by atoms with Gasteiger partial charge < -0.3 is 14.7 Å². The van der Waals surface area contributed by atoms with Crippen LogP contribution in [0.1, 0.15) is 40.1 Å². The van der Waals surface area contributed by atoms with E-state index in [1.165, 1.54) is 15.9 Å². The third-order valence-electron chi connectivity index (χ3n) is 6.34. The highest BCUT2D eigenvalue weighted by atomic mass is 35.5. The summed E-state index contributed by atoms with van der Waals surface area (Å²) in [6, 6.07) is 10.4. The van der Waals surface area contributed by atoms with Crippen LogP contribution in [0.5, 0.6) is 11.5 Å². The molecule has 3 heterocycles. The normalized spacial score (nSPS) is 18.2. The van der Waals surface area contributed by atoms with Gasteiger partial charge in [0.05, 0.1) is 5.02 Å². The predicted molar refractivity (Wildman–Crippen MR) is 121 cm³/mol. The average Bonchev–Trinajstić information content (AvgIpc) is 2.98. The van der Waals surface area contributed by atoms with Crippen molar-refractivity contribution < 1.29 is 27.8 Å². The summed E-state index contributed by atoms with van der Waals surface area (Å²) >= 11 is 6.43. The molecule has 3 aromatic rings. The molecule has 1 amide bonds. The number of amides is 1. The highest BCUT2D eigenvalue weighted by molar-refractivity contribution is 6.32. The van der Waals surface area contributed by atoms with Crippen LogP contribution < -0.4 is 15.2 Å². The van der Waals surface area contributed by atoms with Gasteiger partial charge in [0.15, 0.2) is 11.4 Å². The number of fused-ring (bicyclic) bond motifs is 3. The van der Waals surface area contributed by atoms with Crippen LogP contribution in [-0.4, -0.2) is 39.5 Å². The molecule has 2 aliphatic heterocycles. The molecule has 0 aliphatic carbocycles. The quantitative estimate of drug-likeness (QED) is 0.565. The molecule has 0 bridgehead atoms. The molecule has 0 fully saturated rings. The minimum absolute atomic E-state index is 0.168. The molecule has 0 spiro atoms. The molecule has 0 radical (unpaired) electrons. The summed E-state index contributed by atoms with van der Waals surface area (Å²) in [5.41, 5.74) is 0.612. The van der Waals surface area contributed by atoms with Crippen molar-refractivity contribution in [2.24, 2.45) is 0 Å². The van der Waals surface area contributed by atoms with Crippen LogP contribution in [0.2, 0.25) is 5.02 Å². The van der Waals surface area contributed by atoms with Gasteiger partial charge in [-0.05, 0) is 24.1 Å². The van der Waals surface area contributed by atoms with Crippen LogP contribution in [0.4, 0.5) is 13.2 Å². The zero-order chi connectivity index (χ0) is 25.1. The van der Waals surface area contributed by atoms with E-state index < -0.39 is 47.7 Å². The van der Waals surface area contributed by atoms with E-state index in [0.29, 0.717) is 26.8 Å². The van der Waals surface area contributed by atoms with Crippen molar-refractivity contribution in [3.63, 3.8) is 0 Å². The number of halogens is 4. The largest absolute Gasteiger partial charge is 0.502 e. The van der Waals surface area contributed by atoms with Gasteiger partial charge in [-0.2, -0.15) is 13.2 Å². The van der Waals surface area contributed by atoms with Crippen molar-refractivity contribution in [1.29, 1.82) is 0 Å². The number of alkyl halides is 3. The molecule has 0 saturated carbocycles. The van der Waals surface area contributed by atoms with Gasteiger partial charge in [0.1, 0.15) is 31.1 Å². The number of aromatic nitrogens is 1. The number of hydrogen-bond donors (Lipinski definition) is 1. The molecule has 1 aromatic heterocycles. The van der Waals surface area contributed by atoms with Crippen molar-refractivity contribution in [2.75, 3.05) is 11.7 Å². The Morgan fingerprint density at radius 1 is 1.09 bits per heavy atom. The zero-order valence-electron chi connectivity index (χ0n) is 18.3. The van der Waals surface area contributed by atoms with Crippen molar-refractivity contribution >= 4 is 17.5 Å². The number of aromatic hydroxyl groups is 1. The first-order chi connectivity index (χ1) is 16.6. The standard InChI is InChI=1S/C24H19ClF3N3O4/c1-13(24(26,27)28)29-12-31(30-10-9-18(32)21(33)20(30)23(29)34)19-15-6-3-2-5-14(15)11-35-22-16(19)7-4-8-17(22)25/h2-10,13,19,33H,11-12H2,1H3/t13-,19?/m1/s1. The number of carbonyl (C=O) groups is 1. The van der Waals surface area contributed by atoms with E-state index in [1.54, 1.807) is 24.3 Å². The van der Waals surface area contributed by atoms with Crippen LogP contribution in [0, 0.1) is 0 Å². The Balaban J connectivity index is 1.79. The lowest BCUT2D eigenvalue weighted by Gasteiger charge is -2.45. The minimum atomic E-state index is -4.74. The fraction of sp³-hybridized carbons (Fsp3) is 0.250. The molecular weight excluding hydrogens is 487 g/mol. The Morgan fingerprint density at radius 2 is 1.80 bits per heavy atom. The van der Waals surface area contributed by atoms with Gasteiger partial charge in [-0.3, -0.25) is 19.3 Å². The molecule has 2 atom stereocenters. The fourth-order valence-electron chi connectivity index (χ4n) is 4.50. The molecule has 182 valence electrons. The average molecular weight is 506 g/mol. The molecule has 2 aliphatic rings. The molecule has 7 nitrogen and oxygen atoms in total. The van der Waals surface area contributed by atoms with E-state index in [-0.39, 0.29) is 6.61 Å². The minimum Gasteiger partial charge on any atom is -0.502 e. The lowest BCUT2D eigenvalue weighted by Crippen LogP contribution is -2.60. The summed E-state index contributed by atoms with van der Waals surface area (Å²) in [5.74, 6) is -1.67. The monoisotopic (exact) mass is 505 g/mol. The Bertz CT molecular complexity index is 1390. The maximum absolute atomic E-state index is 13.7. The van der Waals surface area contributed by atoms with E-state index in [4.69, 9.17) is 16.3 Å². The second-order valence-electron chi connectivity index (χ2n) is 8.34. The molecule has 35 heavy (non-hydrogen) atoms. The van der Waals surface area contributed by atoms with Gasteiger partial charge in [0.25, 0.3) is 5.91 Å². The SMILES string of the molecule is C[C@@H](N1CN(C2c3ccccc3COc3c(Cl)cccc32)n2ccc(=O)c(O)c2C1=O)C(F)(F)F. The van der Waals surface area contributed by atoms with Crippen LogP contribution in [0.3, 0.4) is 0 Å². The Hall–Kier alpha value is -3.66. The Morgan fingerprint density at radius 3 is 2.54 bits per heavy atom. The van der Waals surface area contributed by atoms with Crippen molar-refractivity contribution in [1.82, 2.24) is 9.58 Å². The summed E-state index contributed by atoms with van der Waals surface area (Å²) < 4.78 is 48.5. The van der Waals surface area contributed by atoms with Gasteiger partial charge in [0, 0.05) is 17.8 Å². The number of carbonyl (C=O) groups excluding carboxylic acids is 1. The van der Waals surface area contributed by atoms with Gasteiger partial charge in [-0.1, -0.05) is 48.0 Å². The second kappa shape index (κ2) is 8.23. The number of benzene rings is 2. The number of rotatable bonds is 2. The van der Waals surface area contributed by atoms with Gasteiger partial charge in [0.2, 0.25) is 5.43 Å². The Labute approximate surface area is 202 Å². The Kier molecular flexibility index (Phi) is 5.43. The molecule has 2 aromatic carbocycles. The lowest BCUT2D eigenvalue weighted by atomic mass is 9.94. The smallest absolute Gasteiger partial charge is 0.408 e. The number of ether oxygens (including phenoxy) is 1. The zero-order valence-corrected chi connectivity index (χ0v) is 19.0. The molecule has 0 saturated heterocycles. The predicted octanol–water partition coefficient (Wildman–Crippen LogP) is 4.19. The maximum atomic E-state index is 13.7. The van der Waals surface area contributed by atoms with E-state index in [2.05, 4.69) is 0 Å². The number of nitrogens with zero attached hydrogens (tertiary/aromatic N) is 3. The first kappa shape index (κ1) is 23.1. The summed E-state index contributed by atoms with van der Waals surface area (Å²) in [6.07, 6.45) is -3.47. The van der Waals surface area contributed by atoms with Gasteiger partial charge >= 0.3 is 6.18 Å². The van der Waals surface area contributed by atoms with E-state index in [9.17, 15) is 27.9 Å². The summed E-state index contributed by atoms with van der Waals surface area (Å²) in [5, 5.41) is 12.3. The topological polar surface area (TPSA) is 75.0 Å². The third-order valence-corrected chi connectivity index (χ3v) is 6.64. The number of hydrogen-bond acceptors (Lipinski definition) is 5. The molecule has 5 rings (SSSR count). The summed E-state index contributed by atoms with van der Waals surface area (Å²) in [4.78, 5) is 25.9. The second-order valence-corrected chi connectivity index (χ2v) is 8.75. The number of pyridine rings is 1. The van der Waals surface area contributed by atoms with Crippen LogP contribution in [0.15, 0.2) is 59.5 Å². The summed E-state index contributed by atoms with van der Waals surface area (Å²) in [7, 11) is 0. The fourth-order valence-corrected chi connectivity index (χ4v) is 4.74. The molecule has 1 unspecified atom stereocenters. The highest BCUT2D eigenvalue weighted by Gasteiger charge is 2.47.